The number of ether oxygens (including phenoxy) is 1. The van der Waals surface area contributed by atoms with Gasteiger partial charge in [0.05, 0.1) is 12.8 Å². The molecule has 0 fully saturated rings. The van der Waals surface area contributed by atoms with E-state index in [1.54, 1.807) is 6.07 Å². The van der Waals surface area contributed by atoms with Crippen LogP contribution in [0.5, 0.6) is 5.75 Å². The molecule has 0 heterocycles. The van der Waals surface area contributed by atoms with Gasteiger partial charge in [0.1, 0.15) is 11.6 Å². The summed E-state index contributed by atoms with van der Waals surface area (Å²) in [7, 11) is 1.47. The Balaban J connectivity index is 3.02. The van der Waals surface area contributed by atoms with E-state index in [0.29, 0.717) is 11.4 Å². The number of rotatable bonds is 2. The zero-order valence-corrected chi connectivity index (χ0v) is 6.10. The van der Waals surface area contributed by atoms with Gasteiger partial charge in [0.25, 0.3) is 0 Å². The molecule has 4 heteroatoms. The van der Waals surface area contributed by atoms with Crippen LogP contribution in [0, 0.1) is 5.82 Å². The molecule has 3 N–H and O–H groups in total. The molecule has 60 valence electrons. The van der Waals surface area contributed by atoms with Gasteiger partial charge in [-0.25, -0.2) is 4.39 Å². The Kier molecular flexibility index (Phi) is 2.28. The van der Waals surface area contributed by atoms with Crippen molar-refractivity contribution in [2.45, 2.75) is 0 Å². The van der Waals surface area contributed by atoms with Gasteiger partial charge in [-0.3, -0.25) is 5.84 Å². The summed E-state index contributed by atoms with van der Waals surface area (Å²) in [6.45, 7) is 0. The third-order valence-electron chi connectivity index (χ3n) is 1.27. The summed E-state index contributed by atoms with van der Waals surface area (Å²) in [5.41, 5.74) is 2.81. The lowest BCUT2D eigenvalue weighted by Crippen LogP contribution is -2.06. The van der Waals surface area contributed by atoms with Crippen LogP contribution in [-0.4, -0.2) is 7.11 Å². The van der Waals surface area contributed by atoms with E-state index in [-0.39, 0.29) is 5.82 Å². The molecule has 1 aromatic carbocycles. The second-order valence-corrected chi connectivity index (χ2v) is 2.02. The third-order valence-corrected chi connectivity index (χ3v) is 1.27. The van der Waals surface area contributed by atoms with Crippen molar-refractivity contribution >= 4 is 5.69 Å². The first-order valence-corrected chi connectivity index (χ1v) is 3.07. The van der Waals surface area contributed by atoms with Gasteiger partial charge >= 0.3 is 0 Å². The molecule has 1 aromatic rings. The largest absolute Gasteiger partial charge is 0.497 e. The summed E-state index contributed by atoms with van der Waals surface area (Å²) in [4.78, 5) is 0. The molecule has 0 radical (unpaired) electrons. The summed E-state index contributed by atoms with van der Waals surface area (Å²) in [6, 6.07) is 4.16. The number of benzene rings is 1. The fourth-order valence-corrected chi connectivity index (χ4v) is 0.764. The van der Waals surface area contributed by atoms with Crippen LogP contribution in [0.3, 0.4) is 0 Å². The van der Waals surface area contributed by atoms with Gasteiger partial charge in [-0.1, -0.05) is 0 Å². The van der Waals surface area contributed by atoms with Crippen LogP contribution in [0.15, 0.2) is 18.2 Å². The summed E-state index contributed by atoms with van der Waals surface area (Å²) >= 11 is 0. The number of hydrazine groups is 1. The molecule has 0 saturated heterocycles. The minimum atomic E-state index is -0.377. The summed E-state index contributed by atoms with van der Waals surface area (Å²) in [5.74, 6) is 5.14. The highest BCUT2D eigenvalue weighted by atomic mass is 19.1. The van der Waals surface area contributed by atoms with Crippen LogP contribution in [0.2, 0.25) is 0 Å². The minimum Gasteiger partial charge on any atom is -0.497 e. The average molecular weight is 156 g/mol. The number of hydrogen-bond acceptors (Lipinski definition) is 3. The summed E-state index contributed by atoms with van der Waals surface area (Å²) in [6.07, 6.45) is 0. The molecule has 0 bridgehead atoms. The predicted molar refractivity (Wildman–Crippen MR) is 40.8 cm³/mol. The first-order chi connectivity index (χ1) is 5.26. The van der Waals surface area contributed by atoms with Crippen molar-refractivity contribution in [3.05, 3.63) is 24.0 Å². The highest BCUT2D eigenvalue weighted by Gasteiger charge is 1.97. The minimum absolute atomic E-state index is 0.377. The van der Waals surface area contributed by atoms with Crippen LogP contribution in [-0.2, 0) is 0 Å². The molecule has 0 amide bonds. The molecule has 0 aromatic heterocycles. The lowest BCUT2D eigenvalue weighted by Gasteiger charge is -2.03. The van der Waals surface area contributed by atoms with Gasteiger partial charge in [0.2, 0.25) is 0 Å². The zero-order chi connectivity index (χ0) is 8.27. The molecule has 11 heavy (non-hydrogen) atoms. The molecule has 0 aliphatic heterocycles. The Morgan fingerprint density at radius 3 is 2.73 bits per heavy atom. The molecule has 0 saturated carbocycles. The van der Waals surface area contributed by atoms with Crippen molar-refractivity contribution in [2.24, 2.45) is 5.84 Å². The van der Waals surface area contributed by atoms with Crippen LogP contribution < -0.4 is 16.0 Å². The quantitative estimate of drug-likeness (QED) is 0.498. The van der Waals surface area contributed by atoms with E-state index in [2.05, 4.69) is 5.43 Å². The Hall–Kier alpha value is -1.29. The van der Waals surface area contributed by atoms with Gasteiger partial charge in [-0.2, -0.15) is 0 Å². The smallest absolute Gasteiger partial charge is 0.129 e. The Labute approximate surface area is 63.9 Å². The fraction of sp³-hybridized carbons (Fsp3) is 0.143. The van der Waals surface area contributed by atoms with Crippen molar-refractivity contribution in [3.8, 4) is 5.75 Å². The number of nitrogens with two attached hydrogens (primary N) is 1. The van der Waals surface area contributed by atoms with Crippen molar-refractivity contribution < 1.29 is 9.13 Å². The van der Waals surface area contributed by atoms with Gasteiger partial charge < -0.3 is 10.2 Å². The molecular formula is C7H9FN2O. The van der Waals surface area contributed by atoms with Crippen molar-refractivity contribution in [3.63, 3.8) is 0 Å². The third kappa shape index (κ3) is 1.81. The molecule has 0 spiro atoms. The van der Waals surface area contributed by atoms with E-state index in [9.17, 15) is 4.39 Å². The summed E-state index contributed by atoms with van der Waals surface area (Å²) < 4.78 is 17.4. The SMILES string of the molecule is COc1cc(F)cc(NN)c1. The highest BCUT2D eigenvalue weighted by molar-refractivity contribution is 5.47. The van der Waals surface area contributed by atoms with E-state index in [0.717, 1.165) is 0 Å². The van der Waals surface area contributed by atoms with Crippen LogP contribution >= 0.6 is 0 Å². The monoisotopic (exact) mass is 156 g/mol. The Morgan fingerprint density at radius 2 is 2.18 bits per heavy atom. The van der Waals surface area contributed by atoms with Crippen LogP contribution in [0.1, 0.15) is 0 Å². The maximum absolute atomic E-state index is 12.6. The lowest BCUT2D eigenvalue weighted by molar-refractivity contribution is 0.411. The summed E-state index contributed by atoms with van der Waals surface area (Å²) in [5, 5.41) is 0. The van der Waals surface area contributed by atoms with E-state index in [1.165, 1.54) is 19.2 Å². The molecule has 3 nitrogen and oxygen atoms in total. The van der Waals surface area contributed by atoms with Crippen LogP contribution in [0.4, 0.5) is 10.1 Å². The van der Waals surface area contributed by atoms with Gasteiger partial charge in [0, 0.05) is 12.1 Å². The average Bonchev–Trinajstić information content (AvgIpc) is 2.03. The number of nitrogens with one attached hydrogen (secondary N) is 1. The second kappa shape index (κ2) is 3.21. The van der Waals surface area contributed by atoms with Gasteiger partial charge in [-0.15, -0.1) is 0 Å². The van der Waals surface area contributed by atoms with E-state index < -0.39 is 0 Å². The number of halogens is 1. The van der Waals surface area contributed by atoms with E-state index in [4.69, 9.17) is 10.6 Å². The topological polar surface area (TPSA) is 47.3 Å². The number of methoxy groups -OCH3 is 1. The number of anilines is 1. The Bertz CT molecular complexity index is 230. The molecule has 0 aliphatic rings. The maximum atomic E-state index is 12.6. The van der Waals surface area contributed by atoms with E-state index in [1.807, 2.05) is 0 Å². The Morgan fingerprint density at radius 1 is 1.45 bits per heavy atom. The molecule has 1 rings (SSSR count). The molecule has 0 atom stereocenters. The van der Waals surface area contributed by atoms with Crippen LogP contribution in [0.25, 0.3) is 0 Å². The number of nitrogen functional groups attached to an aromatic ring is 1. The number of hydrogen-bond donors (Lipinski definition) is 2. The van der Waals surface area contributed by atoms with Crippen molar-refractivity contribution in [1.29, 1.82) is 0 Å². The maximum Gasteiger partial charge on any atom is 0.129 e. The first kappa shape index (κ1) is 7.81. The van der Waals surface area contributed by atoms with Crippen molar-refractivity contribution in [1.82, 2.24) is 0 Å². The van der Waals surface area contributed by atoms with Gasteiger partial charge in [-0.05, 0) is 6.07 Å². The predicted octanol–water partition coefficient (Wildman–Crippen LogP) is 1.12. The van der Waals surface area contributed by atoms with E-state index >= 15 is 0 Å². The van der Waals surface area contributed by atoms with Gasteiger partial charge in [0.15, 0.2) is 0 Å². The highest BCUT2D eigenvalue weighted by Crippen LogP contribution is 2.18. The molecule has 0 unspecified atom stereocenters. The normalized spacial score (nSPS) is 9.36. The fourth-order valence-electron chi connectivity index (χ4n) is 0.764. The lowest BCUT2D eigenvalue weighted by atomic mass is 10.3. The standard InChI is InChI=1S/C7H9FN2O/c1-11-7-3-5(8)2-6(4-7)10-9/h2-4,10H,9H2,1H3. The second-order valence-electron chi connectivity index (χ2n) is 2.02. The molecule has 0 aliphatic carbocycles. The van der Waals surface area contributed by atoms with Crippen molar-refractivity contribution in [2.75, 3.05) is 12.5 Å². The first-order valence-electron chi connectivity index (χ1n) is 3.07. The molecular weight excluding hydrogens is 147 g/mol. The zero-order valence-electron chi connectivity index (χ0n) is 6.10.